The van der Waals surface area contributed by atoms with Crippen molar-refractivity contribution in [1.82, 2.24) is 20.0 Å². The first kappa shape index (κ1) is 13.3. The summed E-state index contributed by atoms with van der Waals surface area (Å²) in [5.41, 5.74) is 9.24. The maximum absolute atomic E-state index is 5.63. The Kier molecular flexibility index (Phi) is 3.41. The third kappa shape index (κ3) is 2.50. The van der Waals surface area contributed by atoms with Gasteiger partial charge >= 0.3 is 0 Å². The molecule has 0 unspecified atom stereocenters. The van der Waals surface area contributed by atoms with E-state index in [1.807, 2.05) is 37.3 Å². The van der Waals surface area contributed by atoms with Crippen molar-refractivity contribution in [2.24, 2.45) is 5.73 Å². The molecule has 1 aromatic carbocycles. The van der Waals surface area contributed by atoms with Gasteiger partial charge in [-0.3, -0.25) is 5.10 Å². The lowest BCUT2D eigenvalue weighted by atomic mass is 10.1. The van der Waals surface area contributed by atoms with E-state index < -0.39 is 0 Å². The molecule has 21 heavy (non-hydrogen) atoms. The molecule has 2 aromatic heterocycles. The first-order valence-corrected chi connectivity index (χ1v) is 6.78. The van der Waals surface area contributed by atoms with Gasteiger partial charge in [-0.25, -0.2) is 4.68 Å². The molecular weight excluding hydrogens is 284 g/mol. The number of H-pyrrole nitrogens is 1. The Hall–Kier alpha value is -2.67. The Labute approximate surface area is 127 Å². The van der Waals surface area contributed by atoms with Crippen molar-refractivity contribution in [3.8, 4) is 16.9 Å². The van der Waals surface area contributed by atoms with Crippen molar-refractivity contribution >= 4 is 23.1 Å². The van der Waals surface area contributed by atoms with Crippen LogP contribution in [0.15, 0.2) is 42.7 Å². The summed E-state index contributed by atoms with van der Waals surface area (Å²) in [5, 5.41) is 14.6. The van der Waals surface area contributed by atoms with E-state index in [1.165, 1.54) is 0 Å². The van der Waals surface area contributed by atoms with Gasteiger partial charge in [0.25, 0.3) is 0 Å². The topological polar surface area (TPSA) is 84.5 Å². The predicted molar refractivity (Wildman–Crippen MR) is 86.3 cm³/mol. The van der Waals surface area contributed by atoms with Crippen LogP contribution in [-0.2, 0) is 0 Å². The highest BCUT2D eigenvalue weighted by Gasteiger charge is 2.17. The highest BCUT2D eigenvalue weighted by Crippen LogP contribution is 2.29. The van der Waals surface area contributed by atoms with Crippen LogP contribution >= 0.6 is 12.2 Å². The van der Waals surface area contributed by atoms with E-state index in [2.05, 4.69) is 20.6 Å². The number of nitrogens with zero attached hydrogens (tertiary/aromatic N) is 3. The Morgan fingerprint density at radius 2 is 2.10 bits per heavy atom. The van der Waals surface area contributed by atoms with Crippen LogP contribution < -0.4 is 11.1 Å². The van der Waals surface area contributed by atoms with E-state index in [4.69, 9.17) is 18.0 Å². The van der Waals surface area contributed by atoms with E-state index in [0.29, 0.717) is 0 Å². The number of thiocarbonyl (C=S) groups is 1. The molecule has 0 saturated carbocycles. The van der Waals surface area contributed by atoms with Gasteiger partial charge in [0.15, 0.2) is 5.11 Å². The maximum Gasteiger partial charge on any atom is 0.169 e. The van der Waals surface area contributed by atoms with Crippen LogP contribution in [0.3, 0.4) is 0 Å². The number of anilines is 1. The minimum Gasteiger partial charge on any atom is -0.376 e. The molecule has 0 spiro atoms. The van der Waals surface area contributed by atoms with Gasteiger partial charge < -0.3 is 11.1 Å². The molecule has 0 bridgehead atoms. The molecule has 0 radical (unpaired) electrons. The normalized spacial score (nSPS) is 10.5. The first-order valence-electron chi connectivity index (χ1n) is 6.37. The second-order valence-electron chi connectivity index (χ2n) is 4.55. The molecule has 4 N–H and O–H groups in total. The van der Waals surface area contributed by atoms with Gasteiger partial charge in [0.05, 0.1) is 11.9 Å². The van der Waals surface area contributed by atoms with E-state index in [1.54, 1.807) is 17.1 Å². The molecular formula is C14H14N6S. The van der Waals surface area contributed by atoms with Crippen molar-refractivity contribution in [3.05, 3.63) is 48.3 Å². The number of hydrogen-bond acceptors (Lipinski definition) is 3. The molecule has 7 heteroatoms. The largest absolute Gasteiger partial charge is 0.376 e. The smallest absolute Gasteiger partial charge is 0.169 e. The first-order chi connectivity index (χ1) is 10.2. The van der Waals surface area contributed by atoms with Gasteiger partial charge in [-0.2, -0.15) is 10.2 Å². The number of hydrogen-bond donors (Lipinski definition) is 3. The molecule has 0 aliphatic carbocycles. The molecule has 0 atom stereocenters. The van der Waals surface area contributed by atoms with E-state index >= 15 is 0 Å². The number of rotatable bonds is 3. The third-order valence-electron chi connectivity index (χ3n) is 3.14. The number of aromatic nitrogens is 4. The SMILES string of the molecule is Cc1c(-c2cn[nH]c2)nn(-c2ccccc2)c1NC(N)=S. The predicted octanol–water partition coefficient (Wildman–Crippen LogP) is 2.23. The number of para-hydroxylation sites is 1. The third-order valence-corrected chi connectivity index (χ3v) is 3.24. The van der Waals surface area contributed by atoms with E-state index in [9.17, 15) is 0 Å². The summed E-state index contributed by atoms with van der Waals surface area (Å²) >= 11 is 4.96. The molecule has 6 nitrogen and oxygen atoms in total. The van der Waals surface area contributed by atoms with Crippen molar-refractivity contribution in [3.63, 3.8) is 0 Å². The zero-order valence-corrected chi connectivity index (χ0v) is 12.2. The Balaban J connectivity index is 2.18. The second kappa shape index (κ2) is 5.37. The van der Waals surface area contributed by atoms with Crippen LogP contribution in [0, 0.1) is 6.92 Å². The maximum atomic E-state index is 5.63. The summed E-state index contributed by atoms with van der Waals surface area (Å²) in [6, 6.07) is 9.80. The summed E-state index contributed by atoms with van der Waals surface area (Å²) in [5.74, 6) is 0.755. The van der Waals surface area contributed by atoms with Gasteiger partial charge in [-0.05, 0) is 31.3 Å². The average molecular weight is 298 g/mol. The molecule has 0 saturated heterocycles. The van der Waals surface area contributed by atoms with Crippen molar-refractivity contribution in [1.29, 1.82) is 0 Å². The van der Waals surface area contributed by atoms with Crippen molar-refractivity contribution < 1.29 is 0 Å². The minimum atomic E-state index is 0.203. The average Bonchev–Trinajstić information content (AvgIpc) is 3.09. The van der Waals surface area contributed by atoms with Gasteiger partial charge in [0, 0.05) is 17.3 Å². The van der Waals surface area contributed by atoms with Crippen LogP contribution in [-0.4, -0.2) is 25.1 Å². The van der Waals surface area contributed by atoms with Gasteiger partial charge in [-0.1, -0.05) is 18.2 Å². The van der Waals surface area contributed by atoms with Crippen LogP contribution in [0.2, 0.25) is 0 Å². The zero-order valence-electron chi connectivity index (χ0n) is 11.4. The zero-order chi connectivity index (χ0) is 14.8. The fourth-order valence-electron chi connectivity index (χ4n) is 2.17. The van der Waals surface area contributed by atoms with Crippen LogP contribution in [0.4, 0.5) is 5.82 Å². The lowest BCUT2D eigenvalue weighted by molar-refractivity contribution is 0.893. The highest BCUT2D eigenvalue weighted by molar-refractivity contribution is 7.80. The monoisotopic (exact) mass is 298 g/mol. The Morgan fingerprint density at radius 3 is 2.71 bits per heavy atom. The summed E-state index contributed by atoms with van der Waals surface area (Å²) < 4.78 is 1.79. The van der Waals surface area contributed by atoms with E-state index in [0.717, 1.165) is 28.3 Å². The molecule has 106 valence electrons. The molecule has 0 aliphatic rings. The number of aromatic amines is 1. The van der Waals surface area contributed by atoms with Crippen LogP contribution in [0.1, 0.15) is 5.56 Å². The summed E-state index contributed by atoms with van der Waals surface area (Å²) in [6.07, 6.45) is 3.53. The fourth-order valence-corrected chi connectivity index (χ4v) is 2.27. The quantitative estimate of drug-likeness (QED) is 0.646. The van der Waals surface area contributed by atoms with Crippen LogP contribution in [0.25, 0.3) is 16.9 Å². The Morgan fingerprint density at radius 1 is 1.33 bits per heavy atom. The summed E-state index contributed by atoms with van der Waals surface area (Å²) in [7, 11) is 0. The molecule has 0 amide bonds. The molecule has 3 aromatic rings. The second-order valence-corrected chi connectivity index (χ2v) is 4.99. The summed E-state index contributed by atoms with van der Waals surface area (Å²) in [4.78, 5) is 0. The Bertz CT molecular complexity index is 760. The van der Waals surface area contributed by atoms with Crippen molar-refractivity contribution in [2.75, 3.05) is 5.32 Å². The molecule has 3 rings (SSSR count). The lowest BCUT2D eigenvalue weighted by Gasteiger charge is -2.09. The number of nitrogens with one attached hydrogen (secondary N) is 2. The summed E-state index contributed by atoms with van der Waals surface area (Å²) in [6.45, 7) is 1.97. The van der Waals surface area contributed by atoms with Crippen molar-refractivity contribution in [2.45, 2.75) is 6.92 Å². The number of benzene rings is 1. The van der Waals surface area contributed by atoms with E-state index in [-0.39, 0.29) is 5.11 Å². The van der Waals surface area contributed by atoms with Crippen LogP contribution in [0.5, 0.6) is 0 Å². The van der Waals surface area contributed by atoms with Gasteiger partial charge in [0.1, 0.15) is 11.5 Å². The highest BCUT2D eigenvalue weighted by atomic mass is 32.1. The standard InChI is InChI=1S/C14H14N6S/c1-9-12(10-7-16-17-8-10)19-20(13(9)18-14(15)21)11-5-3-2-4-6-11/h2-8H,1H3,(H,16,17)(H3,15,18,21). The molecule has 0 fully saturated rings. The number of nitrogens with two attached hydrogens (primary N) is 1. The minimum absolute atomic E-state index is 0.203. The fraction of sp³-hybridized carbons (Fsp3) is 0.0714. The molecule has 2 heterocycles. The van der Waals surface area contributed by atoms with Gasteiger partial charge in [-0.15, -0.1) is 0 Å². The molecule has 0 aliphatic heterocycles. The van der Waals surface area contributed by atoms with Gasteiger partial charge in [0.2, 0.25) is 0 Å². The lowest BCUT2D eigenvalue weighted by Crippen LogP contribution is -2.21.